The third-order valence-corrected chi connectivity index (χ3v) is 5.30. The van der Waals surface area contributed by atoms with Gasteiger partial charge in [0.25, 0.3) is 0 Å². The molecule has 8 heteroatoms. The van der Waals surface area contributed by atoms with Crippen LogP contribution < -0.4 is 5.32 Å². The van der Waals surface area contributed by atoms with Crippen molar-refractivity contribution < 1.29 is 19.5 Å². The van der Waals surface area contributed by atoms with Crippen LogP contribution in [0, 0.1) is 5.92 Å². The minimum absolute atomic E-state index is 0.00482. The molecular formula is C18H32N4O4. The zero-order valence-corrected chi connectivity index (χ0v) is 16.3. The van der Waals surface area contributed by atoms with Gasteiger partial charge in [-0.25, -0.2) is 4.79 Å². The van der Waals surface area contributed by atoms with Crippen LogP contribution in [0.5, 0.6) is 0 Å². The van der Waals surface area contributed by atoms with Gasteiger partial charge in [-0.05, 0) is 32.2 Å². The Kier molecular flexibility index (Phi) is 6.86. The molecule has 1 saturated carbocycles. The van der Waals surface area contributed by atoms with Crippen molar-refractivity contribution in [3.8, 4) is 0 Å². The van der Waals surface area contributed by atoms with Gasteiger partial charge in [0, 0.05) is 31.7 Å². The zero-order valence-electron chi connectivity index (χ0n) is 16.3. The molecule has 2 rings (SSSR count). The molecule has 1 unspecified atom stereocenters. The predicted octanol–water partition coefficient (Wildman–Crippen LogP) is 0.822. The fourth-order valence-electron chi connectivity index (χ4n) is 3.76. The Morgan fingerprint density at radius 2 is 1.96 bits per heavy atom. The van der Waals surface area contributed by atoms with Gasteiger partial charge in [-0.3, -0.25) is 14.5 Å². The van der Waals surface area contributed by atoms with E-state index in [0.29, 0.717) is 25.6 Å². The van der Waals surface area contributed by atoms with Gasteiger partial charge in [0.1, 0.15) is 6.04 Å². The highest BCUT2D eigenvalue weighted by atomic mass is 16.4. The molecule has 0 bridgehead atoms. The fraction of sp³-hybridized carbons (Fsp3) is 0.833. The van der Waals surface area contributed by atoms with Gasteiger partial charge in [0.2, 0.25) is 5.91 Å². The number of nitrogens with one attached hydrogen (secondary N) is 1. The van der Waals surface area contributed by atoms with E-state index in [0.717, 1.165) is 19.4 Å². The molecule has 1 aliphatic heterocycles. The summed E-state index contributed by atoms with van der Waals surface area (Å²) >= 11 is 0. The van der Waals surface area contributed by atoms with Gasteiger partial charge in [0.05, 0.1) is 6.54 Å². The van der Waals surface area contributed by atoms with Gasteiger partial charge < -0.3 is 20.2 Å². The van der Waals surface area contributed by atoms with Crippen molar-refractivity contribution in [1.29, 1.82) is 0 Å². The summed E-state index contributed by atoms with van der Waals surface area (Å²) in [5, 5.41) is 11.9. The highest BCUT2D eigenvalue weighted by Crippen LogP contribution is 2.26. The van der Waals surface area contributed by atoms with Gasteiger partial charge in [-0.2, -0.15) is 0 Å². The van der Waals surface area contributed by atoms with Crippen LogP contribution in [0.2, 0.25) is 0 Å². The number of piperazine rings is 1. The van der Waals surface area contributed by atoms with E-state index in [-0.39, 0.29) is 30.6 Å². The van der Waals surface area contributed by atoms with Gasteiger partial charge >= 0.3 is 12.0 Å². The molecule has 8 nitrogen and oxygen atoms in total. The van der Waals surface area contributed by atoms with Crippen LogP contribution in [0.1, 0.15) is 40.5 Å². The second-order valence-corrected chi connectivity index (χ2v) is 7.78. The van der Waals surface area contributed by atoms with Crippen molar-refractivity contribution in [3.05, 3.63) is 0 Å². The maximum absolute atomic E-state index is 12.5. The summed E-state index contributed by atoms with van der Waals surface area (Å²) in [7, 11) is 0. The van der Waals surface area contributed by atoms with Crippen molar-refractivity contribution in [2.45, 2.75) is 58.7 Å². The quantitative estimate of drug-likeness (QED) is 0.694. The van der Waals surface area contributed by atoms with E-state index in [1.165, 1.54) is 0 Å². The molecule has 0 radical (unpaired) electrons. The van der Waals surface area contributed by atoms with Crippen molar-refractivity contribution in [3.63, 3.8) is 0 Å². The highest BCUT2D eigenvalue weighted by molar-refractivity contribution is 5.88. The van der Waals surface area contributed by atoms with Crippen LogP contribution in [0.25, 0.3) is 0 Å². The van der Waals surface area contributed by atoms with E-state index in [4.69, 9.17) is 5.11 Å². The minimum Gasteiger partial charge on any atom is -0.480 e. The summed E-state index contributed by atoms with van der Waals surface area (Å²) in [5.41, 5.74) is 0. The largest absolute Gasteiger partial charge is 0.480 e. The van der Waals surface area contributed by atoms with E-state index >= 15 is 0 Å². The maximum Gasteiger partial charge on any atom is 0.318 e. The fourth-order valence-corrected chi connectivity index (χ4v) is 3.76. The molecule has 1 heterocycles. The number of hydrogen-bond acceptors (Lipinski definition) is 4. The van der Waals surface area contributed by atoms with E-state index in [1.54, 1.807) is 11.8 Å². The number of carbonyl (C=O) groups excluding carboxylic acids is 2. The number of amides is 3. The predicted molar refractivity (Wildman–Crippen MR) is 97.8 cm³/mol. The molecule has 26 heavy (non-hydrogen) atoms. The number of hydrogen-bond donors (Lipinski definition) is 2. The number of nitrogens with zero attached hydrogens (tertiary/aromatic N) is 3. The van der Waals surface area contributed by atoms with E-state index in [9.17, 15) is 14.4 Å². The second-order valence-electron chi connectivity index (χ2n) is 7.78. The number of aliphatic carboxylic acids is 1. The van der Waals surface area contributed by atoms with Gasteiger partial charge in [0.15, 0.2) is 0 Å². The summed E-state index contributed by atoms with van der Waals surface area (Å²) in [6, 6.07) is -0.396. The first-order chi connectivity index (χ1) is 12.2. The molecule has 1 atom stereocenters. The van der Waals surface area contributed by atoms with Crippen LogP contribution in [0.4, 0.5) is 4.79 Å². The SMILES string of the molecule is CCN(CC(=O)O)C1CC(NC(=O)N2CCN(CC(C)C)C(=O)C2C)C1. The Balaban J connectivity index is 1.81. The van der Waals surface area contributed by atoms with Gasteiger partial charge in [-0.1, -0.05) is 20.8 Å². The molecule has 1 saturated heterocycles. The molecule has 0 spiro atoms. The Morgan fingerprint density at radius 1 is 1.31 bits per heavy atom. The highest BCUT2D eigenvalue weighted by Gasteiger charge is 2.38. The Bertz CT molecular complexity index is 533. The average molecular weight is 368 g/mol. The molecule has 148 valence electrons. The lowest BCUT2D eigenvalue weighted by atomic mass is 9.85. The molecule has 2 N–H and O–H groups in total. The standard InChI is InChI=1S/C18H32N4O4/c1-5-20(11-16(23)24)15-8-14(9-15)19-18(26)22-7-6-21(10-12(2)3)17(25)13(22)4/h12-15H,5-11H2,1-4H3,(H,19,26)(H,23,24). The maximum atomic E-state index is 12.5. The smallest absolute Gasteiger partial charge is 0.318 e. The van der Waals surface area contributed by atoms with Crippen LogP contribution in [-0.4, -0.2) is 88.6 Å². The van der Waals surface area contributed by atoms with Crippen molar-refractivity contribution in [1.82, 2.24) is 20.0 Å². The molecule has 2 aliphatic rings. The Hall–Kier alpha value is -1.83. The first-order valence-corrected chi connectivity index (χ1v) is 9.54. The second kappa shape index (κ2) is 8.70. The number of rotatable bonds is 7. The summed E-state index contributed by atoms with van der Waals surface area (Å²) in [6.45, 7) is 10.4. The van der Waals surface area contributed by atoms with E-state index in [1.807, 2.05) is 16.7 Å². The molecule has 1 aliphatic carbocycles. The lowest BCUT2D eigenvalue weighted by Gasteiger charge is -2.44. The first-order valence-electron chi connectivity index (χ1n) is 9.54. The lowest BCUT2D eigenvalue weighted by molar-refractivity contribution is -0.140. The van der Waals surface area contributed by atoms with Crippen molar-refractivity contribution >= 4 is 17.9 Å². The third kappa shape index (κ3) is 4.87. The number of likely N-dealkylation sites (N-methyl/N-ethyl adjacent to an activating group) is 1. The summed E-state index contributed by atoms with van der Waals surface area (Å²) < 4.78 is 0. The van der Waals surface area contributed by atoms with Crippen LogP contribution in [0.3, 0.4) is 0 Å². The van der Waals surface area contributed by atoms with Crippen LogP contribution in [-0.2, 0) is 9.59 Å². The number of carboxylic acid groups (broad SMARTS) is 1. The normalized spacial score (nSPS) is 26.2. The lowest BCUT2D eigenvalue weighted by Crippen LogP contribution is -2.63. The minimum atomic E-state index is -0.828. The van der Waals surface area contributed by atoms with E-state index in [2.05, 4.69) is 19.2 Å². The van der Waals surface area contributed by atoms with Crippen LogP contribution in [0.15, 0.2) is 0 Å². The number of carboxylic acids is 1. The first kappa shape index (κ1) is 20.5. The molecule has 2 fully saturated rings. The zero-order chi connectivity index (χ0) is 19.4. The summed E-state index contributed by atoms with van der Waals surface area (Å²) in [6.07, 6.45) is 1.50. The summed E-state index contributed by atoms with van der Waals surface area (Å²) in [5.74, 6) is -0.415. The number of carbonyl (C=O) groups is 3. The van der Waals surface area contributed by atoms with Crippen molar-refractivity contribution in [2.75, 3.05) is 32.7 Å². The number of urea groups is 1. The van der Waals surface area contributed by atoms with Crippen LogP contribution >= 0.6 is 0 Å². The third-order valence-electron chi connectivity index (χ3n) is 5.30. The molecule has 3 amide bonds. The Morgan fingerprint density at radius 3 is 2.50 bits per heavy atom. The molecule has 0 aromatic rings. The van der Waals surface area contributed by atoms with Gasteiger partial charge in [-0.15, -0.1) is 0 Å². The molecule has 0 aromatic carbocycles. The topological polar surface area (TPSA) is 93.2 Å². The van der Waals surface area contributed by atoms with Crippen molar-refractivity contribution in [2.24, 2.45) is 5.92 Å². The molecular weight excluding hydrogens is 336 g/mol. The van der Waals surface area contributed by atoms with E-state index < -0.39 is 12.0 Å². The summed E-state index contributed by atoms with van der Waals surface area (Å²) in [4.78, 5) is 41.3. The molecule has 0 aromatic heterocycles. The monoisotopic (exact) mass is 368 g/mol. The average Bonchev–Trinajstić information content (AvgIpc) is 2.52. The Labute approximate surface area is 155 Å².